The first-order valence-electron chi connectivity index (χ1n) is 15.5. The number of thiophene rings is 1. The average molecular weight is 594 g/mol. The van der Waals surface area contributed by atoms with Crippen LogP contribution >= 0.6 is 11.3 Å². The molecule has 1 aliphatic carbocycles. The molecular weight excluding hydrogens is 567 g/mol. The summed E-state index contributed by atoms with van der Waals surface area (Å²) in [6.45, 7) is 0. The van der Waals surface area contributed by atoms with Crippen LogP contribution in [0.3, 0.4) is 0 Å². The number of benzene rings is 6. The van der Waals surface area contributed by atoms with Crippen LogP contribution in [-0.2, 0) is 0 Å². The Kier molecular flexibility index (Phi) is 5.31. The van der Waals surface area contributed by atoms with Crippen LogP contribution in [0.4, 0.5) is 11.4 Å². The van der Waals surface area contributed by atoms with Crippen molar-refractivity contribution < 1.29 is 4.42 Å². The van der Waals surface area contributed by atoms with E-state index in [9.17, 15) is 0 Å². The van der Waals surface area contributed by atoms with Crippen LogP contribution in [0.2, 0.25) is 0 Å². The third-order valence-electron chi connectivity index (χ3n) is 9.56. The van der Waals surface area contributed by atoms with E-state index in [0.29, 0.717) is 6.04 Å². The zero-order chi connectivity index (χ0) is 29.5. The number of fused-ring (bicyclic) bond motifs is 10. The number of allylic oxidation sites excluding steroid dienone is 2. The Bertz CT molecular complexity index is 2510. The Balaban J connectivity index is 1.13. The van der Waals surface area contributed by atoms with E-state index >= 15 is 0 Å². The summed E-state index contributed by atoms with van der Waals surface area (Å²) in [5.41, 5.74) is 12.1. The lowest BCUT2D eigenvalue weighted by Gasteiger charge is -2.28. The summed E-state index contributed by atoms with van der Waals surface area (Å²) in [4.78, 5) is 2.53. The van der Waals surface area contributed by atoms with E-state index < -0.39 is 0 Å². The van der Waals surface area contributed by atoms with E-state index in [0.717, 1.165) is 23.0 Å². The van der Waals surface area contributed by atoms with Gasteiger partial charge in [-0.3, -0.25) is 0 Å². The van der Waals surface area contributed by atoms with Crippen LogP contribution < -0.4 is 4.90 Å². The summed E-state index contributed by atoms with van der Waals surface area (Å²) in [5.74, 6) is 0. The molecule has 1 unspecified atom stereocenters. The molecule has 10 rings (SSSR count). The summed E-state index contributed by atoms with van der Waals surface area (Å²) in [6.07, 6.45) is 7.81. The largest absolute Gasteiger partial charge is 0.455 e. The number of furan rings is 1. The molecule has 0 bridgehead atoms. The lowest BCUT2D eigenvalue weighted by Crippen LogP contribution is -2.26. The molecule has 0 radical (unpaired) electrons. The molecule has 0 amide bonds. The molecule has 45 heavy (non-hydrogen) atoms. The molecule has 2 aliphatic rings. The van der Waals surface area contributed by atoms with Crippen LogP contribution in [-0.4, -0.2) is 6.04 Å². The molecule has 3 heteroatoms. The van der Waals surface area contributed by atoms with Gasteiger partial charge in [-0.05, 0) is 71.1 Å². The van der Waals surface area contributed by atoms with E-state index in [1.165, 1.54) is 70.3 Å². The first-order valence-corrected chi connectivity index (χ1v) is 16.4. The SMILES string of the molecule is C1=CCC2C(=C1)c1cc(-c3ccccc3)ccc1N2c1ccc(-c2cc3c4ccccc4oc3c3c2sc2ccccc23)cc1. The summed E-state index contributed by atoms with van der Waals surface area (Å²) >= 11 is 1.86. The van der Waals surface area contributed by atoms with Crippen molar-refractivity contribution >= 4 is 70.4 Å². The molecule has 8 aromatic rings. The third-order valence-corrected chi connectivity index (χ3v) is 10.8. The van der Waals surface area contributed by atoms with Crippen LogP contribution in [0.25, 0.3) is 69.9 Å². The van der Waals surface area contributed by atoms with E-state index in [4.69, 9.17) is 4.42 Å². The molecule has 2 nitrogen and oxygen atoms in total. The summed E-state index contributed by atoms with van der Waals surface area (Å²) < 4.78 is 9.08. The van der Waals surface area contributed by atoms with Gasteiger partial charge in [0.2, 0.25) is 0 Å². The number of anilines is 2. The molecule has 6 aromatic carbocycles. The van der Waals surface area contributed by atoms with E-state index in [1.54, 1.807) is 0 Å². The van der Waals surface area contributed by atoms with Gasteiger partial charge in [0.15, 0.2) is 0 Å². The first kappa shape index (κ1) is 25.0. The average Bonchev–Trinajstić information content (AvgIpc) is 3.78. The Morgan fingerprint density at radius 3 is 2.31 bits per heavy atom. The molecule has 0 saturated carbocycles. The quantitative estimate of drug-likeness (QED) is 0.203. The highest BCUT2D eigenvalue weighted by Gasteiger charge is 2.35. The van der Waals surface area contributed by atoms with Gasteiger partial charge in [0.25, 0.3) is 0 Å². The van der Waals surface area contributed by atoms with Crippen molar-refractivity contribution in [1.29, 1.82) is 0 Å². The van der Waals surface area contributed by atoms with Crippen molar-refractivity contribution in [3.8, 4) is 22.3 Å². The first-order chi connectivity index (χ1) is 22.3. The zero-order valence-corrected chi connectivity index (χ0v) is 25.2. The monoisotopic (exact) mass is 593 g/mol. The molecular formula is C42H27NOS. The van der Waals surface area contributed by atoms with E-state index in [2.05, 4.69) is 151 Å². The second-order valence-electron chi connectivity index (χ2n) is 12.0. The van der Waals surface area contributed by atoms with Crippen LogP contribution in [0.1, 0.15) is 12.0 Å². The van der Waals surface area contributed by atoms with Gasteiger partial charge >= 0.3 is 0 Å². The molecule has 212 valence electrons. The second-order valence-corrected chi connectivity index (χ2v) is 13.1. The van der Waals surface area contributed by atoms with Crippen molar-refractivity contribution in [1.82, 2.24) is 0 Å². The smallest absolute Gasteiger partial charge is 0.144 e. The van der Waals surface area contributed by atoms with Crippen molar-refractivity contribution in [3.05, 3.63) is 151 Å². The van der Waals surface area contributed by atoms with E-state index in [-0.39, 0.29) is 0 Å². The van der Waals surface area contributed by atoms with Gasteiger partial charge in [-0.15, -0.1) is 11.3 Å². The highest BCUT2D eigenvalue weighted by atomic mass is 32.1. The number of nitrogens with zero attached hydrogens (tertiary/aromatic N) is 1. The van der Waals surface area contributed by atoms with Gasteiger partial charge in [0.05, 0.1) is 6.04 Å². The lowest BCUT2D eigenvalue weighted by molar-refractivity contribution is 0.673. The highest BCUT2D eigenvalue weighted by molar-refractivity contribution is 7.26. The van der Waals surface area contributed by atoms with Crippen LogP contribution in [0, 0.1) is 0 Å². The topological polar surface area (TPSA) is 16.4 Å². The molecule has 3 heterocycles. The van der Waals surface area contributed by atoms with E-state index in [1.807, 2.05) is 11.3 Å². The zero-order valence-electron chi connectivity index (χ0n) is 24.4. The predicted octanol–water partition coefficient (Wildman–Crippen LogP) is 12.2. The third kappa shape index (κ3) is 3.68. The number of hydrogen-bond acceptors (Lipinski definition) is 3. The Hall–Kier alpha value is -5.38. The minimum Gasteiger partial charge on any atom is -0.455 e. The maximum absolute atomic E-state index is 6.52. The van der Waals surface area contributed by atoms with Gasteiger partial charge in [0, 0.05) is 53.4 Å². The summed E-state index contributed by atoms with van der Waals surface area (Å²) in [5, 5.41) is 4.81. The van der Waals surface area contributed by atoms with Crippen LogP contribution in [0.5, 0.6) is 0 Å². The number of para-hydroxylation sites is 1. The fraction of sp³-hybridized carbons (Fsp3) is 0.0476. The molecule has 0 fully saturated rings. The van der Waals surface area contributed by atoms with Gasteiger partial charge < -0.3 is 9.32 Å². The fourth-order valence-electron chi connectivity index (χ4n) is 7.49. The van der Waals surface area contributed by atoms with Gasteiger partial charge in [0.1, 0.15) is 11.2 Å². The predicted molar refractivity (Wildman–Crippen MR) is 192 cm³/mol. The normalized spacial score (nSPS) is 15.7. The maximum atomic E-state index is 6.52. The minimum atomic E-state index is 0.296. The van der Waals surface area contributed by atoms with Crippen molar-refractivity contribution in [2.24, 2.45) is 0 Å². The number of rotatable bonds is 3. The van der Waals surface area contributed by atoms with Gasteiger partial charge in [-0.1, -0.05) is 103 Å². The molecule has 1 aliphatic heterocycles. The molecule has 0 saturated heterocycles. The number of hydrogen-bond donors (Lipinski definition) is 0. The van der Waals surface area contributed by atoms with Gasteiger partial charge in [-0.25, -0.2) is 0 Å². The molecule has 1 atom stereocenters. The van der Waals surface area contributed by atoms with Crippen molar-refractivity contribution in [2.75, 3.05) is 4.90 Å². The Morgan fingerprint density at radius 1 is 0.644 bits per heavy atom. The molecule has 2 aromatic heterocycles. The van der Waals surface area contributed by atoms with Crippen LogP contribution in [0.15, 0.2) is 150 Å². The summed E-state index contributed by atoms with van der Waals surface area (Å²) in [6, 6.07) is 46.6. The maximum Gasteiger partial charge on any atom is 0.144 e. The Morgan fingerprint density at radius 2 is 1.42 bits per heavy atom. The van der Waals surface area contributed by atoms with Crippen molar-refractivity contribution in [3.63, 3.8) is 0 Å². The standard InChI is InChI=1S/C42H27NOS/c1-2-10-26(11-3-1)28-20-23-37-34(24-28)30-12-4-7-15-36(30)43(37)29-21-18-27(19-22-29)33-25-35-31-13-5-8-16-38(31)44-41(35)40-32-14-6-9-17-39(32)45-42(33)40/h1-14,16-25,36H,15H2. The fourth-order valence-corrected chi connectivity index (χ4v) is 8.72. The summed E-state index contributed by atoms with van der Waals surface area (Å²) in [7, 11) is 0. The Labute approximate surface area is 264 Å². The second kappa shape index (κ2) is 9.56. The minimum absolute atomic E-state index is 0.296. The molecule has 0 spiro atoms. The van der Waals surface area contributed by atoms with Crippen molar-refractivity contribution in [2.45, 2.75) is 12.5 Å². The van der Waals surface area contributed by atoms with Gasteiger partial charge in [-0.2, -0.15) is 0 Å². The highest BCUT2D eigenvalue weighted by Crippen LogP contribution is 2.50. The molecule has 0 N–H and O–H groups in total. The lowest BCUT2D eigenvalue weighted by atomic mass is 9.94.